The second kappa shape index (κ2) is 10.5. The van der Waals surface area contributed by atoms with E-state index in [0.29, 0.717) is 18.0 Å². The van der Waals surface area contributed by atoms with Gasteiger partial charge in [-0.2, -0.15) is 0 Å². The number of benzene rings is 2. The fourth-order valence-corrected chi connectivity index (χ4v) is 2.97. The van der Waals surface area contributed by atoms with E-state index in [9.17, 15) is 9.59 Å². The van der Waals surface area contributed by atoms with E-state index in [1.165, 1.54) is 11.8 Å². The molecule has 2 aromatic rings. The molecule has 0 heterocycles. The molecule has 1 amide bonds. The summed E-state index contributed by atoms with van der Waals surface area (Å²) in [4.78, 5) is 25.0. The molecule has 0 bridgehead atoms. The van der Waals surface area contributed by atoms with Crippen LogP contribution in [0.5, 0.6) is 11.5 Å². The number of thioether (sulfide) groups is 1. The van der Waals surface area contributed by atoms with Crippen molar-refractivity contribution in [2.24, 2.45) is 0 Å². The van der Waals surface area contributed by atoms with Gasteiger partial charge in [0.25, 0.3) is 5.91 Å². The molecule has 27 heavy (non-hydrogen) atoms. The lowest BCUT2D eigenvalue weighted by Gasteiger charge is -2.14. The Morgan fingerprint density at radius 3 is 2.41 bits per heavy atom. The minimum Gasteiger partial charge on any atom is -0.493 e. The molecule has 0 fully saturated rings. The topological polar surface area (TPSA) is 73.9 Å². The van der Waals surface area contributed by atoms with Crippen LogP contribution in [0.2, 0.25) is 0 Å². The van der Waals surface area contributed by atoms with Crippen molar-refractivity contribution >= 4 is 23.6 Å². The first kappa shape index (κ1) is 20.6. The monoisotopic (exact) mass is 389 g/mol. The van der Waals surface area contributed by atoms with Crippen molar-refractivity contribution < 1.29 is 23.8 Å². The molecule has 0 aliphatic carbocycles. The molecule has 0 unspecified atom stereocenters. The van der Waals surface area contributed by atoms with Gasteiger partial charge in [-0.05, 0) is 36.8 Å². The van der Waals surface area contributed by atoms with Gasteiger partial charge < -0.3 is 19.5 Å². The molecule has 0 aliphatic rings. The van der Waals surface area contributed by atoms with Crippen LogP contribution < -0.4 is 14.8 Å². The summed E-state index contributed by atoms with van der Waals surface area (Å²) in [6.07, 6.45) is -0.867. The van der Waals surface area contributed by atoms with E-state index < -0.39 is 12.1 Å². The Bertz CT molecular complexity index is 766. The normalized spacial score (nSPS) is 11.4. The number of amides is 1. The Morgan fingerprint density at radius 2 is 1.74 bits per heavy atom. The van der Waals surface area contributed by atoms with Gasteiger partial charge in [-0.3, -0.25) is 9.59 Å². The van der Waals surface area contributed by atoms with Crippen molar-refractivity contribution in [3.8, 4) is 11.5 Å². The summed E-state index contributed by atoms with van der Waals surface area (Å²) in [5, 5.41) is 2.75. The molecule has 1 atom stereocenters. The Balaban J connectivity index is 1.78. The molecule has 0 aromatic heterocycles. The van der Waals surface area contributed by atoms with Crippen LogP contribution in [0, 0.1) is 0 Å². The third-order valence-corrected chi connectivity index (χ3v) is 4.68. The predicted octanol–water partition coefficient (Wildman–Crippen LogP) is 3.04. The highest BCUT2D eigenvalue weighted by atomic mass is 32.2. The fourth-order valence-electron chi connectivity index (χ4n) is 2.27. The molecular formula is C20H23NO5S. The highest BCUT2D eigenvalue weighted by Gasteiger charge is 2.18. The first-order valence-corrected chi connectivity index (χ1v) is 9.38. The molecule has 0 aliphatic heterocycles. The van der Waals surface area contributed by atoms with Crippen LogP contribution in [-0.2, 0) is 20.9 Å². The molecular weight excluding hydrogens is 366 g/mol. The zero-order valence-corrected chi connectivity index (χ0v) is 16.4. The maximum Gasteiger partial charge on any atom is 0.317 e. The lowest BCUT2D eigenvalue weighted by Crippen LogP contribution is -2.35. The molecule has 6 nitrogen and oxygen atoms in total. The van der Waals surface area contributed by atoms with Crippen LogP contribution in [0.25, 0.3) is 0 Å². The highest BCUT2D eigenvalue weighted by Crippen LogP contribution is 2.27. The first-order valence-electron chi connectivity index (χ1n) is 8.39. The second-order valence-corrected chi connectivity index (χ2v) is 6.69. The molecule has 7 heteroatoms. The quantitative estimate of drug-likeness (QED) is 0.525. The van der Waals surface area contributed by atoms with Crippen molar-refractivity contribution in [2.75, 3.05) is 20.0 Å². The second-order valence-electron chi connectivity index (χ2n) is 5.64. The van der Waals surface area contributed by atoms with E-state index in [-0.39, 0.29) is 11.7 Å². The van der Waals surface area contributed by atoms with Crippen molar-refractivity contribution in [1.29, 1.82) is 0 Å². The largest absolute Gasteiger partial charge is 0.493 e. The number of esters is 1. The lowest BCUT2D eigenvalue weighted by molar-refractivity contribution is -0.152. The van der Waals surface area contributed by atoms with E-state index in [0.717, 1.165) is 10.5 Å². The van der Waals surface area contributed by atoms with Gasteiger partial charge in [-0.1, -0.05) is 24.3 Å². The zero-order chi connectivity index (χ0) is 19.6. The van der Waals surface area contributed by atoms with Crippen LogP contribution in [-0.4, -0.2) is 38.0 Å². The summed E-state index contributed by atoms with van der Waals surface area (Å²) >= 11 is 1.37. The minimum atomic E-state index is -0.867. The Labute approximate surface area is 163 Å². The van der Waals surface area contributed by atoms with Gasteiger partial charge in [-0.25, -0.2) is 0 Å². The summed E-state index contributed by atoms with van der Waals surface area (Å²) in [5.74, 6) is 0.560. The Kier molecular flexibility index (Phi) is 8.00. The smallest absolute Gasteiger partial charge is 0.317 e. The zero-order valence-electron chi connectivity index (χ0n) is 15.6. The van der Waals surface area contributed by atoms with Gasteiger partial charge in [-0.15, -0.1) is 11.8 Å². The minimum absolute atomic E-state index is 0.150. The summed E-state index contributed by atoms with van der Waals surface area (Å²) in [6.45, 7) is 1.84. The fraction of sp³-hybridized carbons (Fsp3) is 0.300. The van der Waals surface area contributed by atoms with Crippen LogP contribution >= 0.6 is 11.8 Å². The van der Waals surface area contributed by atoms with Gasteiger partial charge in [0, 0.05) is 11.4 Å². The molecule has 1 N–H and O–H groups in total. The van der Waals surface area contributed by atoms with E-state index in [2.05, 4.69) is 5.32 Å². The van der Waals surface area contributed by atoms with Crippen LogP contribution in [0.4, 0.5) is 0 Å². The van der Waals surface area contributed by atoms with Crippen molar-refractivity contribution in [1.82, 2.24) is 5.32 Å². The maximum absolute atomic E-state index is 12.2. The molecule has 2 rings (SSSR count). The first-order chi connectivity index (χ1) is 13.0. The van der Waals surface area contributed by atoms with Gasteiger partial charge in [0.15, 0.2) is 17.6 Å². The number of hydrogen-bond donors (Lipinski definition) is 1. The van der Waals surface area contributed by atoms with Crippen LogP contribution in [0.15, 0.2) is 53.4 Å². The molecule has 2 aromatic carbocycles. The molecule has 0 spiro atoms. The summed E-state index contributed by atoms with van der Waals surface area (Å²) in [5.41, 5.74) is 0.846. The van der Waals surface area contributed by atoms with E-state index >= 15 is 0 Å². The molecule has 0 radical (unpaired) electrons. The number of ether oxygens (including phenoxy) is 3. The predicted molar refractivity (Wildman–Crippen MR) is 104 cm³/mol. The third kappa shape index (κ3) is 6.53. The van der Waals surface area contributed by atoms with Crippen molar-refractivity contribution in [2.45, 2.75) is 24.5 Å². The summed E-state index contributed by atoms with van der Waals surface area (Å²) < 4.78 is 15.6. The standard InChI is InChI=1S/C20H23NO5S/c1-14(26-19(22)13-27-16-7-5-4-6-8-16)20(23)21-12-15-9-10-17(24-2)18(11-15)25-3/h4-11,14H,12-13H2,1-3H3,(H,21,23)/t14-/m0/s1. The molecule has 0 saturated heterocycles. The number of hydrogen-bond acceptors (Lipinski definition) is 6. The molecule has 0 saturated carbocycles. The number of methoxy groups -OCH3 is 2. The average Bonchev–Trinajstić information content (AvgIpc) is 2.70. The lowest BCUT2D eigenvalue weighted by atomic mass is 10.2. The highest BCUT2D eigenvalue weighted by molar-refractivity contribution is 8.00. The summed E-state index contributed by atoms with van der Waals surface area (Å²) in [6, 6.07) is 14.9. The molecule has 144 valence electrons. The maximum atomic E-state index is 12.2. The SMILES string of the molecule is COc1ccc(CNC(=O)[C@H](C)OC(=O)CSc2ccccc2)cc1OC. The van der Waals surface area contributed by atoms with E-state index in [1.54, 1.807) is 33.3 Å². The Morgan fingerprint density at radius 1 is 1.04 bits per heavy atom. The average molecular weight is 389 g/mol. The van der Waals surface area contributed by atoms with E-state index in [1.807, 2.05) is 36.4 Å². The third-order valence-electron chi connectivity index (χ3n) is 3.69. The van der Waals surface area contributed by atoms with Gasteiger partial charge in [0.05, 0.1) is 20.0 Å². The van der Waals surface area contributed by atoms with Gasteiger partial charge >= 0.3 is 5.97 Å². The van der Waals surface area contributed by atoms with Crippen LogP contribution in [0.3, 0.4) is 0 Å². The van der Waals surface area contributed by atoms with Gasteiger partial charge in [0.2, 0.25) is 0 Å². The van der Waals surface area contributed by atoms with Crippen LogP contribution in [0.1, 0.15) is 12.5 Å². The number of nitrogens with one attached hydrogen (secondary N) is 1. The number of carbonyl (C=O) groups is 2. The van der Waals surface area contributed by atoms with E-state index in [4.69, 9.17) is 14.2 Å². The number of carbonyl (C=O) groups excluding carboxylic acids is 2. The summed E-state index contributed by atoms with van der Waals surface area (Å²) in [7, 11) is 3.11. The van der Waals surface area contributed by atoms with Crippen molar-refractivity contribution in [3.63, 3.8) is 0 Å². The van der Waals surface area contributed by atoms with Gasteiger partial charge in [0.1, 0.15) is 0 Å². The van der Waals surface area contributed by atoms with Crippen molar-refractivity contribution in [3.05, 3.63) is 54.1 Å². The number of rotatable bonds is 9. The Hall–Kier alpha value is -2.67.